The second-order valence-corrected chi connectivity index (χ2v) is 5.89. The average molecular weight is 290 g/mol. The van der Waals surface area contributed by atoms with Gasteiger partial charge >= 0.3 is 0 Å². The zero-order valence-electron chi connectivity index (χ0n) is 12.7. The minimum absolute atomic E-state index is 0.730. The number of hydrogen-bond donors (Lipinski definition) is 1. The Labute approximate surface area is 124 Å². The third-order valence-electron chi connectivity index (χ3n) is 3.24. The van der Waals surface area contributed by atoms with Crippen molar-refractivity contribution in [2.45, 2.75) is 40.5 Å². The molecule has 0 aromatic carbocycles. The Bertz CT molecular complexity index is 554. The van der Waals surface area contributed by atoms with E-state index in [1.165, 1.54) is 5.56 Å². The van der Waals surface area contributed by atoms with Gasteiger partial charge in [0.2, 0.25) is 0 Å². The van der Waals surface area contributed by atoms with Crippen molar-refractivity contribution < 1.29 is 0 Å². The molecule has 0 bridgehead atoms. The van der Waals surface area contributed by atoms with E-state index in [2.05, 4.69) is 46.4 Å². The van der Waals surface area contributed by atoms with Crippen LogP contribution < -0.4 is 5.32 Å². The highest BCUT2D eigenvalue weighted by atomic mass is 32.1. The first-order valence-corrected chi connectivity index (χ1v) is 7.92. The number of likely N-dealkylation sites (N-methyl/N-ethyl adjacent to an activating group) is 1. The molecule has 0 spiro atoms. The van der Waals surface area contributed by atoms with Crippen LogP contribution in [0.4, 0.5) is 0 Å². The lowest BCUT2D eigenvalue weighted by molar-refractivity contribution is 0.705. The first kappa shape index (κ1) is 15.1. The van der Waals surface area contributed by atoms with Gasteiger partial charge < -0.3 is 5.32 Å². The highest BCUT2D eigenvalue weighted by Crippen LogP contribution is 2.15. The van der Waals surface area contributed by atoms with Crippen LogP contribution in [0, 0.1) is 20.8 Å². The molecular weight excluding hydrogens is 268 g/mol. The normalized spacial score (nSPS) is 11.0. The van der Waals surface area contributed by atoms with Crippen LogP contribution in [-0.2, 0) is 12.8 Å². The number of aromatic nitrogens is 3. The number of rotatable bonds is 6. The third-order valence-corrected chi connectivity index (χ3v) is 4.21. The summed E-state index contributed by atoms with van der Waals surface area (Å²) in [5, 5.41) is 6.50. The van der Waals surface area contributed by atoms with Gasteiger partial charge in [0, 0.05) is 22.5 Å². The largest absolute Gasteiger partial charge is 0.317 e. The number of aryl methyl sites for hydroxylation is 3. The third kappa shape index (κ3) is 3.84. The predicted molar refractivity (Wildman–Crippen MR) is 83.4 cm³/mol. The second-order valence-electron chi connectivity index (χ2n) is 4.95. The number of thiazole rings is 1. The Kier molecular flexibility index (Phi) is 5.20. The molecule has 0 aliphatic rings. The van der Waals surface area contributed by atoms with Crippen LogP contribution in [0.25, 0.3) is 0 Å². The first-order valence-electron chi connectivity index (χ1n) is 7.05. The summed E-state index contributed by atoms with van der Waals surface area (Å²) < 4.78 is 0. The summed E-state index contributed by atoms with van der Waals surface area (Å²) in [6.07, 6.45) is 1.72. The van der Waals surface area contributed by atoms with Crippen molar-refractivity contribution in [1.82, 2.24) is 20.3 Å². The van der Waals surface area contributed by atoms with Crippen LogP contribution in [0.3, 0.4) is 0 Å². The van der Waals surface area contributed by atoms with Gasteiger partial charge in [-0.2, -0.15) is 0 Å². The van der Waals surface area contributed by atoms with Crippen molar-refractivity contribution in [1.29, 1.82) is 0 Å². The smallest absolute Gasteiger partial charge is 0.135 e. The van der Waals surface area contributed by atoms with Crippen LogP contribution in [0.1, 0.15) is 40.4 Å². The molecule has 108 valence electrons. The van der Waals surface area contributed by atoms with Gasteiger partial charge in [0.15, 0.2) is 0 Å². The average Bonchev–Trinajstić information content (AvgIpc) is 2.78. The molecular formula is C15H22N4S. The molecule has 20 heavy (non-hydrogen) atoms. The second kappa shape index (κ2) is 6.90. The molecule has 2 rings (SSSR count). The topological polar surface area (TPSA) is 50.7 Å². The summed E-state index contributed by atoms with van der Waals surface area (Å²) in [7, 11) is 0. The lowest BCUT2D eigenvalue weighted by Crippen LogP contribution is -2.18. The summed E-state index contributed by atoms with van der Waals surface area (Å²) in [6.45, 7) is 10.3. The Morgan fingerprint density at radius 3 is 2.35 bits per heavy atom. The minimum Gasteiger partial charge on any atom is -0.317 e. The quantitative estimate of drug-likeness (QED) is 0.831. The molecule has 5 heteroatoms. The maximum Gasteiger partial charge on any atom is 0.135 e. The standard InChI is InChI=1S/C15H22N4S/c1-5-16-7-6-13-11(3)18-14(19-12(13)4)8-15-17-10(2)9-20-15/h9,16H,5-8H2,1-4H3. The van der Waals surface area contributed by atoms with Gasteiger partial charge in [-0.25, -0.2) is 15.0 Å². The monoisotopic (exact) mass is 290 g/mol. The van der Waals surface area contributed by atoms with Gasteiger partial charge in [0.1, 0.15) is 10.8 Å². The molecule has 0 aliphatic carbocycles. The maximum absolute atomic E-state index is 4.65. The fourth-order valence-electron chi connectivity index (χ4n) is 2.26. The SMILES string of the molecule is CCNCCc1c(C)nc(Cc2nc(C)cs2)nc1C. The van der Waals surface area contributed by atoms with Crippen molar-refractivity contribution in [2.24, 2.45) is 0 Å². The van der Waals surface area contributed by atoms with E-state index in [9.17, 15) is 0 Å². The zero-order valence-corrected chi connectivity index (χ0v) is 13.5. The maximum atomic E-state index is 4.65. The Morgan fingerprint density at radius 1 is 1.10 bits per heavy atom. The molecule has 0 atom stereocenters. The van der Waals surface area contributed by atoms with E-state index in [1.807, 2.05) is 6.92 Å². The van der Waals surface area contributed by atoms with Gasteiger partial charge in [-0.05, 0) is 45.8 Å². The van der Waals surface area contributed by atoms with E-state index < -0.39 is 0 Å². The van der Waals surface area contributed by atoms with Crippen LogP contribution >= 0.6 is 11.3 Å². The lowest BCUT2D eigenvalue weighted by Gasteiger charge is -2.10. The van der Waals surface area contributed by atoms with E-state index in [1.54, 1.807) is 11.3 Å². The number of nitrogens with one attached hydrogen (secondary N) is 1. The first-order chi connectivity index (χ1) is 9.60. The van der Waals surface area contributed by atoms with Crippen LogP contribution in [-0.4, -0.2) is 28.0 Å². The van der Waals surface area contributed by atoms with Gasteiger partial charge in [0.25, 0.3) is 0 Å². The molecule has 0 radical (unpaired) electrons. The molecule has 4 nitrogen and oxygen atoms in total. The molecule has 0 saturated heterocycles. The molecule has 0 saturated carbocycles. The summed E-state index contributed by atoms with van der Waals surface area (Å²) in [4.78, 5) is 13.8. The molecule has 1 N–H and O–H groups in total. The number of hydrogen-bond acceptors (Lipinski definition) is 5. The fraction of sp³-hybridized carbons (Fsp3) is 0.533. The van der Waals surface area contributed by atoms with E-state index in [0.717, 1.165) is 53.8 Å². The van der Waals surface area contributed by atoms with Crippen LogP contribution in [0.15, 0.2) is 5.38 Å². The summed E-state index contributed by atoms with van der Waals surface area (Å²) in [6, 6.07) is 0. The summed E-state index contributed by atoms with van der Waals surface area (Å²) in [5.74, 6) is 0.876. The molecule has 0 unspecified atom stereocenters. The fourth-order valence-corrected chi connectivity index (χ4v) is 3.03. The van der Waals surface area contributed by atoms with E-state index >= 15 is 0 Å². The van der Waals surface area contributed by atoms with Crippen LogP contribution in [0.5, 0.6) is 0 Å². The van der Waals surface area contributed by atoms with E-state index in [-0.39, 0.29) is 0 Å². The van der Waals surface area contributed by atoms with Gasteiger partial charge in [-0.1, -0.05) is 6.92 Å². The van der Waals surface area contributed by atoms with Crippen molar-refractivity contribution in [2.75, 3.05) is 13.1 Å². The van der Waals surface area contributed by atoms with Crippen LogP contribution in [0.2, 0.25) is 0 Å². The van der Waals surface area contributed by atoms with Crippen molar-refractivity contribution in [3.63, 3.8) is 0 Å². The van der Waals surface area contributed by atoms with Gasteiger partial charge in [-0.3, -0.25) is 0 Å². The molecule has 2 aromatic rings. The summed E-state index contributed by atoms with van der Waals surface area (Å²) in [5.41, 5.74) is 4.53. The zero-order chi connectivity index (χ0) is 14.5. The Hall–Kier alpha value is -1.33. The Balaban J connectivity index is 2.12. The molecule has 0 amide bonds. The Morgan fingerprint density at radius 2 is 1.80 bits per heavy atom. The highest BCUT2D eigenvalue weighted by Gasteiger charge is 2.10. The van der Waals surface area contributed by atoms with Crippen molar-refractivity contribution in [3.8, 4) is 0 Å². The van der Waals surface area contributed by atoms with E-state index in [4.69, 9.17) is 0 Å². The lowest BCUT2D eigenvalue weighted by atomic mass is 10.1. The highest BCUT2D eigenvalue weighted by molar-refractivity contribution is 7.09. The van der Waals surface area contributed by atoms with E-state index in [0.29, 0.717) is 0 Å². The molecule has 0 aliphatic heterocycles. The molecule has 0 fully saturated rings. The minimum atomic E-state index is 0.730. The van der Waals surface area contributed by atoms with Crippen molar-refractivity contribution in [3.05, 3.63) is 38.9 Å². The van der Waals surface area contributed by atoms with Crippen molar-refractivity contribution >= 4 is 11.3 Å². The molecule has 2 heterocycles. The predicted octanol–water partition coefficient (Wildman–Crippen LogP) is 2.60. The number of nitrogens with zero attached hydrogens (tertiary/aromatic N) is 3. The summed E-state index contributed by atoms with van der Waals surface area (Å²) >= 11 is 1.68. The van der Waals surface area contributed by atoms with Gasteiger partial charge in [0.05, 0.1) is 6.42 Å². The molecule has 2 aromatic heterocycles. The van der Waals surface area contributed by atoms with Gasteiger partial charge in [-0.15, -0.1) is 11.3 Å².